The molecule has 2 heterocycles. The predicted octanol–water partition coefficient (Wildman–Crippen LogP) is 7.79. The van der Waals surface area contributed by atoms with E-state index in [4.69, 9.17) is 11.6 Å². The Morgan fingerprint density at radius 3 is 2.11 bits per heavy atom. The number of carbonyl (C=O) groups is 2. The van der Waals surface area contributed by atoms with E-state index in [-0.39, 0.29) is 22.8 Å². The summed E-state index contributed by atoms with van der Waals surface area (Å²) in [7, 11) is 2.01. The lowest BCUT2D eigenvalue weighted by Gasteiger charge is -2.48. The van der Waals surface area contributed by atoms with Gasteiger partial charge in [-0.2, -0.15) is 0 Å². The predicted molar refractivity (Wildman–Crippen MR) is 180 cm³/mol. The van der Waals surface area contributed by atoms with Crippen LogP contribution in [0.2, 0.25) is 5.02 Å². The molecule has 6 heteroatoms. The number of benzene rings is 3. The summed E-state index contributed by atoms with van der Waals surface area (Å²) in [5.74, 6) is 0.687. The third-order valence-electron chi connectivity index (χ3n) is 10.1. The van der Waals surface area contributed by atoms with Gasteiger partial charge in [0.05, 0.1) is 5.54 Å². The van der Waals surface area contributed by atoms with Crippen LogP contribution in [0.25, 0.3) is 0 Å². The first-order valence-electron chi connectivity index (χ1n) is 16.4. The Labute approximate surface area is 269 Å². The molecule has 44 heavy (non-hydrogen) atoms. The summed E-state index contributed by atoms with van der Waals surface area (Å²) in [5, 5.41) is 0.740. The van der Waals surface area contributed by atoms with Crippen molar-refractivity contribution in [2.75, 3.05) is 39.8 Å². The summed E-state index contributed by atoms with van der Waals surface area (Å²) >= 11 is 6.30. The maximum atomic E-state index is 13.5. The van der Waals surface area contributed by atoms with Crippen LogP contribution in [0.1, 0.15) is 80.3 Å². The van der Waals surface area contributed by atoms with Crippen LogP contribution >= 0.6 is 11.6 Å². The van der Waals surface area contributed by atoms with E-state index in [1.54, 1.807) is 0 Å². The van der Waals surface area contributed by atoms with Crippen molar-refractivity contribution < 1.29 is 9.59 Å². The highest BCUT2D eigenvalue weighted by molar-refractivity contribution is 6.30. The minimum absolute atomic E-state index is 0.0969. The van der Waals surface area contributed by atoms with Gasteiger partial charge >= 0.3 is 0 Å². The molecule has 0 aliphatic carbocycles. The minimum atomic E-state index is -0.268. The maximum absolute atomic E-state index is 13.5. The van der Waals surface area contributed by atoms with Crippen LogP contribution in [0.15, 0.2) is 84.9 Å². The van der Waals surface area contributed by atoms with Crippen molar-refractivity contribution in [2.45, 2.75) is 69.7 Å². The Hall–Kier alpha value is -3.15. The first kappa shape index (κ1) is 32.2. The normalized spacial score (nSPS) is 20.4. The van der Waals surface area contributed by atoms with E-state index in [0.29, 0.717) is 12.3 Å². The Morgan fingerprint density at radius 1 is 0.841 bits per heavy atom. The van der Waals surface area contributed by atoms with Gasteiger partial charge in [0, 0.05) is 55.6 Å². The monoisotopic (exact) mass is 613 g/mol. The fraction of sp³-hybridized carbons (Fsp3) is 0.474. The minimum Gasteiger partial charge on any atom is -0.338 e. The van der Waals surface area contributed by atoms with Gasteiger partial charge in [0.2, 0.25) is 5.91 Å². The van der Waals surface area contributed by atoms with Gasteiger partial charge in [0.25, 0.3) is 5.91 Å². The van der Waals surface area contributed by atoms with Crippen molar-refractivity contribution in [1.29, 1.82) is 0 Å². The lowest BCUT2D eigenvalue weighted by atomic mass is 9.70. The summed E-state index contributed by atoms with van der Waals surface area (Å²) in [6, 6.07) is 28.6. The molecule has 234 valence electrons. The fourth-order valence-corrected chi connectivity index (χ4v) is 7.66. The molecular formula is C38H48ClN3O2. The molecule has 3 aromatic carbocycles. The van der Waals surface area contributed by atoms with Gasteiger partial charge < -0.3 is 14.7 Å². The van der Waals surface area contributed by atoms with Crippen LogP contribution in [0.5, 0.6) is 0 Å². The standard InChI is InChI=1S/C38H48ClN3O2/c1-30(2)28-35(43)40(3)38(33-14-8-5-9-15-33)22-26-41(27-23-38)24-10-20-37(32-16-18-34(39)19-17-32)21-11-25-42(29-37)36(44)31-12-6-4-7-13-31/h4-9,12-19,30H,10-11,20-29H2,1-3H3. The molecule has 2 aliphatic rings. The van der Waals surface area contributed by atoms with E-state index in [2.05, 4.69) is 71.0 Å². The van der Waals surface area contributed by atoms with Crippen molar-refractivity contribution in [3.8, 4) is 0 Å². The molecule has 2 aliphatic heterocycles. The van der Waals surface area contributed by atoms with E-state index in [0.717, 1.165) is 81.8 Å². The lowest BCUT2D eigenvalue weighted by molar-refractivity contribution is -0.139. The van der Waals surface area contributed by atoms with Crippen molar-refractivity contribution in [2.24, 2.45) is 5.92 Å². The maximum Gasteiger partial charge on any atom is 0.253 e. The fourth-order valence-electron chi connectivity index (χ4n) is 7.53. The second-order valence-corrected chi connectivity index (χ2v) is 13.8. The van der Waals surface area contributed by atoms with Crippen molar-refractivity contribution in [3.05, 3.63) is 107 Å². The van der Waals surface area contributed by atoms with Crippen LogP contribution in [0.4, 0.5) is 0 Å². The summed E-state index contributed by atoms with van der Waals surface area (Å²) in [5.41, 5.74) is 2.91. The Balaban J connectivity index is 1.28. The molecule has 2 saturated heterocycles. The first-order valence-corrected chi connectivity index (χ1v) is 16.8. The molecule has 1 unspecified atom stereocenters. The Morgan fingerprint density at radius 2 is 1.48 bits per heavy atom. The number of piperidine rings is 2. The number of halogens is 1. The molecular weight excluding hydrogens is 566 g/mol. The Kier molecular flexibility index (Phi) is 10.5. The summed E-state index contributed by atoms with van der Waals surface area (Å²) in [6.45, 7) is 8.67. The number of rotatable bonds is 10. The van der Waals surface area contributed by atoms with Gasteiger partial charge in [-0.1, -0.05) is 86.1 Å². The average Bonchev–Trinajstić information content (AvgIpc) is 3.05. The number of hydrogen-bond acceptors (Lipinski definition) is 3. The third-order valence-corrected chi connectivity index (χ3v) is 10.3. The van der Waals surface area contributed by atoms with Crippen LogP contribution < -0.4 is 0 Å². The highest BCUT2D eigenvalue weighted by Gasteiger charge is 2.42. The largest absolute Gasteiger partial charge is 0.338 e. The van der Waals surface area contributed by atoms with Gasteiger partial charge in [-0.05, 0) is 86.4 Å². The van der Waals surface area contributed by atoms with E-state index >= 15 is 0 Å². The first-order chi connectivity index (χ1) is 21.2. The molecule has 0 bridgehead atoms. The highest BCUT2D eigenvalue weighted by atomic mass is 35.5. The number of carbonyl (C=O) groups excluding carboxylic acids is 2. The van der Waals surface area contributed by atoms with Crippen molar-refractivity contribution in [1.82, 2.24) is 14.7 Å². The molecule has 0 radical (unpaired) electrons. The molecule has 2 amide bonds. The second kappa shape index (κ2) is 14.3. The number of amides is 2. The molecule has 5 rings (SSSR count). The van der Waals surface area contributed by atoms with E-state index in [1.165, 1.54) is 11.1 Å². The van der Waals surface area contributed by atoms with Gasteiger partial charge in [0.1, 0.15) is 0 Å². The third kappa shape index (κ3) is 7.21. The molecule has 0 aromatic heterocycles. The molecule has 5 nitrogen and oxygen atoms in total. The van der Waals surface area contributed by atoms with Crippen LogP contribution in [0.3, 0.4) is 0 Å². The van der Waals surface area contributed by atoms with E-state index < -0.39 is 0 Å². The zero-order valence-corrected chi connectivity index (χ0v) is 27.4. The van der Waals surface area contributed by atoms with Crippen LogP contribution in [-0.2, 0) is 15.7 Å². The molecule has 2 fully saturated rings. The van der Waals surface area contributed by atoms with Gasteiger partial charge in [-0.3, -0.25) is 9.59 Å². The van der Waals surface area contributed by atoms with Crippen LogP contribution in [0, 0.1) is 5.92 Å². The lowest BCUT2D eigenvalue weighted by Crippen LogP contribution is -2.54. The zero-order valence-electron chi connectivity index (χ0n) is 26.7. The molecule has 3 aromatic rings. The molecule has 1 atom stereocenters. The summed E-state index contributed by atoms with van der Waals surface area (Å²) in [6.07, 6.45) is 6.55. The van der Waals surface area contributed by atoms with E-state index in [1.807, 2.05) is 49.5 Å². The average molecular weight is 614 g/mol. The molecule has 0 spiro atoms. The number of likely N-dealkylation sites (tertiary alicyclic amines) is 2. The second-order valence-electron chi connectivity index (χ2n) is 13.4. The Bertz CT molecular complexity index is 1370. The number of nitrogens with zero attached hydrogens (tertiary/aromatic N) is 3. The van der Waals surface area contributed by atoms with E-state index in [9.17, 15) is 9.59 Å². The summed E-state index contributed by atoms with van der Waals surface area (Å²) < 4.78 is 0. The molecule has 0 saturated carbocycles. The SMILES string of the molecule is CC(C)CC(=O)N(C)C1(c2ccccc2)CCN(CCCC2(c3ccc(Cl)cc3)CCCN(C(=O)c3ccccc3)C2)CC1. The molecule has 0 N–H and O–H groups in total. The van der Waals surface area contributed by atoms with Crippen molar-refractivity contribution in [3.63, 3.8) is 0 Å². The quantitative estimate of drug-likeness (QED) is 0.234. The van der Waals surface area contributed by atoms with Gasteiger partial charge in [-0.25, -0.2) is 0 Å². The summed E-state index contributed by atoms with van der Waals surface area (Å²) in [4.78, 5) is 33.5. The number of hydrogen-bond donors (Lipinski definition) is 0. The van der Waals surface area contributed by atoms with Gasteiger partial charge in [0.15, 0.2) is 0 Å². The topological polar surface area (TPSA) is 43.9 Å². The zero-order chi connectivity index (χ0) is 31.2. The smallest absolute Gasteiger partial charge is 0.253 e. The van der Waals surface area contributed by atoms with Crippen LogP contribution in [-0.4, -0.2) is 66.3 Å². The highest BCUT2D eigenvalue weighted by Crippen LogP contribution is 2.41. The van der Waals surface area contributed by atoms with Gasteiger partial charge in [-0.15, -0.1) is 0 Å². The van der Waals surface area contributed by atoms with Crippen molar-refractivity contribution >= 4 is 23.4 Å².